The van der Waals surface area contributed by atoms with Gasteiger partial charge in [0.15, 0.2) is 0 Å². The molecule has 2 amide bonds. The summed E-state index contributed by atoms with van der Waals surface area (Å²) in [6.07, 6.45) is 4.16. The average molecular weight is 411 g/mol. The smallest absolute Gasteiger partial charge is 0.410 e. The highest BCUT2D eigenvalue weighted by molar-refractivity contribution is 5.72. The molecule has 29 heavy (non-hydrogen) atoms. The number of amides is 2. The van der Waals surface area contributed by atoms with Crippen molar-refractivity contribution in [3.63, 3.8) is 0 Å². The van der Waals surface area contributed by atoms with E-state index < -0.39 is 11.2 Å². The van der Waals surface area contributed by atoms with Crippen molar-refractivity contribution in [2.75, 3.05) is 33.3 Å². The van der Waals surface area contributed by atoms with E-state index in [-0.39, 0.29) is 24.1 Å². The predicted octanol–water partition coefficient (Wildman–Crippen LogP) is 3.19. The fraction of sp³-hybridized carbons (Fsp3) is 0.857. The lowest BCUT2D eigenvalue weighted by Crippen LogP contribution is -2.50. The summed E-state index contributed by atoms with van der Waals surface area (Å²) < 4.78 is 16.1. The van der Waals surface area contributed by atoms with Crippen LogP contribution in [0.5, 0.6) is 0 Å². The molecule has 0 atom stereocenters. The molecular weight excluding hydrogens is 376 g/mol. The summed E-state index contributed by atoms with van der Waals surface area (Å²) in [5.74, 6) is 0.255. The molecule has 0 radical (unpaired) electrons. The first-order valence-electron chi connectivity index (χ1n) is 10.6. The summed E-state index contributed by atoms with van der Waals surface area (Å²) in [6.45, 7) is 7.86. The quantitative estimate of drug-likeness (QED) is 0.525. The normalized spacial score (nSPS) is 27.0. The molecule has 3 rings (SSSR count). The lowest BCUT2D eigenvalue weighted by molar-refractivity contribution is -0.146. The number of hydrogen-bond acceptors (Lipinski definition) is 6. The lowest BCUT2D eigenvalue weighted by atomic mass is 9.81. The predicted molar refractivity (Wildman–Crippen MR) is 105 cm³/mol. The Hall–Kier alpha value is -1.99. The van der Waals surface area contributed by atoms with Crippen molar-refractivity contribution in [2.24, 2.45) is 11.8 Å². The zero-order valence-electron chi connectivity index (χ0n) is 18.1. The van der Waals surface area contributed by atoms with Crippen molar-refractivity contribution in [3.05, 3.63) is 0 Å². The number of piperidine rings is 1. The number of hydrogen-bond donors (Lipinski definition) is 0. The van der Waals surface area contributed by atoms with E-state index in [1.165, 1.54) is 7.11 Å². The first-order chi connectivity index (χ1) is 13.6. The second-order valence-corrected chi connectivity index (χ2v) is 9.64. The van der Waals surface area contributed by atoms with Crippen LogP contribution >= 0.6 is 0 Å². The van der Waals surface area contributed by atoms with E-state index in [0.717, 1.165) is 25.7 Å². The molecule has 0 aromatic carbocycles. The van der Waals surface area contributed by atoms with Crippen LogP contribution in [0, 0.1) is 11.8 Å². The van der Waals surface area contributed by atoms with E-state index in [1.807, 2.05) is 25.7 Å². The summed E-state index contributed by atoms with van der Waals surface area (Å²) >= 11 is 0. The van der Waals surface area contributed by atoms with Crippen molar-refractivity contribution in [3.8, 4) is 0 Å². The second kappa shape index (κ2) is 8.40. The van der Waals surface area contributed by atoms with Gasteiger partial charge >= 0.3 is 18.2 Å². The fourth-order valence-electron chi connectivity index (χ4n) is 4.58. The van der Waals surface area contributed by atoms with Gasteiger partial charge in [0.1, 0.15) is 11.2 Å². The third kappa shape index (κ3) is 5.34. The Labute approximate surface area is 172 Å². The van der Waals surface area contributed by atoms with Crippen LogP contribution in [-0.2, 0) is 19.0 Å². The minimum atomic E-state index is -0.518. The Bertz CT molecular complexity index is 628. The van der Waals surface area contributed by atoms with Crippen LogP contribution < -0.4 is 0 Å². The molecule has 2 saturated heterocycles. The molecule has 8 nitrogen and oxygen atoms in total. The van der Waals surface area contributed by atoms with E-state index in [0.29, 0.717) is 44.9 Å². The van der Waals surface area contributed by atoms with Gasteiger partial charge in [-0.15, -0.1) is 0 Å². The number of nitrogens with zero attached hydrogens (tertiary/aromatic N) is 2. The summed E-state index contributed by atoms with van der Waals surface area (Å²) in [5, 5.41) is 0. The van der Waals surface area contributed by atoms with Crippen molar-refractivity contribution in [1.82, 2.24) is 9.80 Å². The van der Waals surface area contributed by atoms with Gasteiger partial charge in [-0.25, -0.2) is 9.59 Å². The molecule has 2 aliphatic heterocycles. The van der Waals surface area contributed by atoms with E-state index in [2.05, 4.69) is 0 Å². The van der Waals surface area contributed by atoms with Gasteiger partial charge in [-0.3, -0.25) is 4.79 Å². The van der Waals surface area contributed by atoms with Gasteiger partial charge in [-0.05, 0) is 52.4 Å². The standard InChI is InChI=1S/C21H34N2O6/c1-20(2,3)28-18(25)22-11-9-21(10-12-22)14-23(19(26)29-21)13-15-5-7-16(8-6-15)17(24)27-4/h15-16H,5-14H2,1-4H3/t15-,16+. The van der Waals surface area contributed by atoms with Gasteiger partial charge in [0, 0.05) is 32.5 Å². The Morgan fingerprint density at radius 3 is 2.31 bits per heavy atom. The van der Waals surface area contributed by atoms with Gasteiger partial charge < -0.3 is 24.0 Å². The first-order valence-corrected chi connectivity index (χ1v) is 10.6. The molecule has 164 valence electrons. The Balaban J connectivity index is 1.47. The number of carbonyl (C=O) groups is 3. The summed E-state index contributed by atoms with van der Waals surface area (Å²) in [5.41, 5.74) is -1.02. The maximum absolute atomic E-state index is 12.5. The SMILES string of the molecule is COC(=O)[C@H]1CC[C@@H](CN2CC3(CCN(C(=O)OC(C)(C)C)CC3)OC2=O)CC1. The third-order valence-corrected chi connectivity index (χ3v) is 6.23. The molecule has 1 aliphatic carbocycles. The van der Waals surface area contributed by atoms with Gasteiger partial charge in [-0.1, -0.05) is 0 Å². The number of likely N-dealkylation sites (tertiary alicyclic amines) is 1. The van der Waals surface area contributed by atoms with Crippen LogP contribution in [0.4, 0.5) is 9.59 Å². The van der Waals surface area contributed by atoms with Crippen LogP contribution in [0.25, 0.3) is 0 Å². The van der Waals surface area contributed by atoms with E-state index in [4.69, 9.17) is 14.2 Å². The molecule has 8 heteroatoms. The zero-order chi connectivity index (χ0) is 21.2. The molecule has 3 fully saturated rings. The monoisotopic (exact) mass is 410 g/mol. The number of methoxy groups -OCH3 is 1. The van der Waals surface area contributed by atoms with Crippen LogP contribution in [0.2, 0.25) is 0 Å². The largest absolute Gasteiger partial charge is 0.469 e. The molecule has 0 bridgehead atoms. The maximum Gasteiger partial charge on any atom is 0.410 e. The third-order valence-electron chi connectivity index (χ3n) is 6.23. The van der Waals surface area contributed by atoms with Gasteiger partial charge in [0.2, 0.25) is 0 Å². The lowest BCUT2D eigenvalue weighted by Gasteiger charge is -2.38. The molecule has 0 unspecified atom stereocenters. The maximum atomic E-state index is 12.5. The summed E-state index contributed by atoms with van der Waals surface area (Å²) in [6, 6.07) is 0. The molecule has 0 aromatic heterocycles. The Kier molecular flexibility index (Phi) is 6.29. The van der Waals surface area contributed by atoms with E-state index in [9.17, 15) is 14.4 Å². The van der Waals surface area contributed by atoms with Gasteiger partial charge in [0.05, 0.1) is 19.6 Å². The Morgan fingerprint density at radius 1 is 1.14 bits per heavy atom. The molecule has 0 aromatic rings. The van der Waals surface area contributed by atoms with Crippen LogP contribution in [-0.4, -0.2) is 72.4 Å². The minimum Gasteiger partial charge on any atom is -0.469 e. The molecular formula is C21H34N2O6. The second-order valence-electron chi connectivity index (χ2n) is 9.64. The summed E-state index contributed by atoms with van der Waals surface area (Å²) in [4.78, 5) is 39.9. The van der Waals surface area contributed by atoms with E-state index >= 15 is 0 Å². The van der Waals surface area contributed by atoms with Crippen LogP contribution in [0.3, 0.4) is 0 Å². The van der Waals surface area contributed by atoms with E-state index in [1.54, 1.807) is 4.90 Å². The molecule has 1 spiro atoms. The van der Waals surface area contributed by atoms with Gasteiger partial charge in [-0.2, -0.15) is 0 Å². The highest BCUT2D eigenvalue weighted by Gasteiger charge is 2.48. The average Bonchev–Trinajstić information content (AvgIpc) is 2.95. The zero-order valence-corrected chi connectivity index (χ0v) is 18.1. The minimum absolute atomic E-state index is 0.00898. The number of rotatable bonds is 3. The van der Waals surface area contributed by atoms with Crippen LogP contribution in [0.15, 0.2) is 0 Å². The number of esters is 1. The molecule has 2 heterocycles. The number of carbonyl (C=O) groups excluding carboxylic acids is 3. The van der Waals surface area contributed by atoms with Crippen molar-refractivity contribution in [1.29, 1.82) is 0 Å². The highest BCUT2D eigenvalue weighted by atomic mass is 16.6. The Morgan fingerprint density at radius 2 is 1.76 bits per heavy atom. The fourth-order valence-corrected chi connectivity index (χ4v) is 4.58. The van der Waals surface area contributed by atoms with Crippen LogP contribution in [0.1, 0.15) is 59.3 Å². The molecule has 3 aliphatic rings. The highest BCUT2D eigenvalue weighted by Crippen LogP contribution is 2.36. The van der Waals surface area contributed by atoms with Crippen molar-refractivity contribution >= 4 is 18.2 Å². The summed E-state index contributed by atoms with van der Waals surface area (Å²) in [7, 11) is 1.43. The molecule has 0 N–H and O–H groups in total. The topological polar surface area (TPSA) is 85.4 Å². The first kappa shape index (κ1) is 21.7. The number of ether oxygens (including phenoxy) is 3. The molecule has 1 saturated carbocycles. The van der Waals surface area contributed by atoms with Gasteiger partial charge in [0.25, 0.3) is 0 Å². The van der Waals surface area contributed by atoms with Crippen molar-refractivity contribution < 1.29 is 28.6 Å². The van der Waals surface area contributed by atoms with Crippen molar-refractivity contribution in [2.45, 2.75) is 70.5 Å².